The number of nitrogens with one attached hydrogen (secondary N) is 2. The molecule has 0 aromatic heterocycles. The van der Waals surface area contributed by atoms with Crippen molar-refractivity contribution in [1.82, 2.24) is 10.6 Å². The van der Waals surface area contributed by atoms with E-state index in [0.717, 1.165) is 11.5 Å². The fourth-order valence-corrected chi connectivity index (χ4v) is 3.58. The molecule has 0 heterocycles. The van der Waals surface area contributed by atoms with Gasteiger partial charge in [-0.25, -0.2) is 0 Å². The molecule has 2 rings (SSSR count). The molecule has 1 unspecified atom stereocenters. The van der Waals surface area contributed by atoms with Crippen LogP contribution in [0.1, 0.15) is 16.8 Å². The van der Waals surface area contributed by atoms with Crippen LogP contribution in [-0.4, -0.2) is 42.2 Å². The van der Waals surface area contributed by atoms with Crippen molar-refractivity contribution in [2.75, 3.05) is 24.3 Å². The molecule has 0 saturated heterocycles. The van der Waals surface area contributed by atoms with E-state index in [-0.39, 0.29) is 11.8 Å². The summed E-state index contributed by atoms with van der Waals surface area (Å²) in [5.74, 6) is 1.26. The van der Waals surface area contributed by atoms with Crippen molar-refractivity contribution in [3.8, 4) is 0 Å². The minimum Gasteiger partial charge on any atom is -0.353 e. The average Bonchev–Trinajstić information content (AvgIpc) is 2.69. The van der Waals surface area contributed by atoms with Gasteiger partial charge in [-0.05, 0) is 42.7 Å². The molecule has 2 N–H and O–H groups in total. The van der Waals surface area contributed by atoms with Crippen LogP contribution in [0.4, 0.5) is 0 Å². The van der Waals surface area contributed by atoms with Gasteiger partial charge in [-0.1, -0.05) is 36.4 Å². The SMILES string of the molecule is CSCCC(NC(=O)c1ccccc1)C(=O)NCCSc1ccccc1. The van der Waals surface area contributed by atoms with Gasteiger partial charge in [0.15, 0.2) is 0 Å². The molecule has 4 nitrogen and oxygen atoms in total. The second-order valence-corrected chi connectivity index (χ2v) is 7.78. The second kappa shape index (κ2) is 11.6. The molecule has 2 aromatic carbocycles. The molecule has 0 aliphatic heterocycles. The van der Waals surface area contributed by atoms with Gasteiger partial charge in [0, 0.05) is 22.8 Å². The molecular weight excluding hydrogens is 364 g/mol. The Kier molecular flexibility index (Phi) is 9.14. The van der Waals surface area contributed by atoms with Crippen molar-refractivity contribution in [1.29, 1.82) is 0 Å². The van der Waals surface area contributed by atoms with Crippen LogP contribution in [0.3, 0.4) is 0 Å². The van der Waals surface area contributed by atoms with Crippen molar-refractivity contribution in [3.05, 3.63) is 66.2 Å². The summed E-state index contributed by atoms with van der Waals surface area (Å²) in [7, 11) is 0. The number of thioether (sulfide) groups is 2. The first kappa shape index (κ1) is 20.4. The van der Waals surface area contributed by atoms with E-state index in [1.807, 2.05) is 54.8 Å². The van der Waals surface area contributed by atoms with Crippen LogP contribution in [0.2, 0.25) is 0 Å². The lowest BCUT2D eigenvalue weighted by molar-refractivity contribution is -0.122. The lowest BCUT2D eigenvalue weighted by Crippen LogP contribution is -2.47. The summed E-state index contributed by atoms with van der Waals surface area (Å²) in [6.07, 6.45) is 2.60. The highest BCUT2D eigenvalue weighted by atomic mass is 32.2. The summed E-state index contributed by atoms with van der Waals surface area (Å²) in [6, 6.07) is 18.5. The maximum absolute atomic E-state index is 12.5. The summed E-state index contributed by atoms with van der Waals surface area (Å²) < 4.78 is 0. The van der Waals surface area contributed by atoms with E-state index in [0.29, 0.717) is 18.5 Å². The van der Waals surface area contributed by atoms with Crippen molar-refractivity contribution >= 4 is 35.3 Å². The summed E-state index contributed by atoms with van der Waals surface area (Å²) in [4.78, 5) is 26.0. The lowest BCUT2D eigenvalue weighted by atomic mass is 10.1. The Morgan fingerprint density at radius 1 is 0.962 bits per heavy atom. The summed E-state index contributed by atoms with van der Waals surface area (Å²) in [5, 5.41) is 5.79. The van der Waals surface area contributed by atoms with Gasteiger partial charge in [-0.3, -0.25) is 9.59 Å². The maximum Gasteiger partial charge on any atom is 0.251 e. The van der Waals surface area contributed by atoms with Crippen molar-refractivity contribution in [2.24, 2.45) is 0 Å². The van der Waals surface area contributed by atoms with Gasteiger partial charge >= 0.3 is 0 Å². The van der Waals surface area contributed by atoms with Crippen LogP contribution in [-0.2, 0) is 4.79 Å². The van der Waals surface area contributed by atoms with Crippen LogP contribution in [0, 0.1) is 0 Å². The average molecular weight is 389 g/mol. The normalized spacial score (nSPS) is 11.6. The van der Waals surface area contributed by atoms with Crippen LogP contribution in [0.15, 0.2) is 65.6 Å². The molecule has 26 heavy (non-hydrogen) atoms. The van der Waals surface area contributed by atoms with Gasteiger partial charge in [0.05, 0.1) is 0 Å². The molecule has 0 aliphatic carbocycles. The Morgan fingerprint density at radius 2 is 1.62 bits per heavy atom. The Hall–Kier alpha value is -1.92. The molecule has 6 heteroatoms. The van der Waals surface area contributed by atoms with Gasteiger partial charge < -0.3 is 10.6 Å². The molecular formula is C20H24N2O2S2. The van der Waals surface area contributed by atoms with Gasteiger partial charge in [-0.2, -0.15) is 11.8 Å². The first-order valence-corrected chi connectivity index (χ1v) is 10.9. The summed E-state index contributed by atoms with van der Waals surface area (Å²) in [6.45, 7) is 0.565. The number of benzene rings is 2. The fourth-order valence-electron chi connectivity index (χ4n) is 2.32. The van der Waals surface area contributed by atoms with Crippen LogP contribution in [0.5, 0.6) is 0 Å². The zero-order valence-electron chi connectivity index (χ0n) is 14.8. The third-order valence-corrected chi connectivity index (χ3v) is 5.34. The van der Waals surface area contributed by atoms with Crippen molar-refractivity contribution in [2.45, 2.75) is 17.4 Å². The van der Waals surface area contributed by atoms with E-state index >= 15 is 0 Å². The standard InChI is InChI=1S/C20H24N2O2S2/c1-25-14-12-18(22-19(23)16-8-4-2-5-9-16)20(24)21-13-15-26-17-10-6-3-7-11-17/h2-11,18H,12-15H2,1H3,(H,21,24)(H,22,23). The van der Waals surface area contributed by atoms with E-state index in [1.54, 1.807) is 35.7 Å². The maximum atomic E-state index is 12.5. The van der Waals surface area contributed by atoms with Crippen molar-refractivity contribution in [3.63, 3.8) is 0 Å². The molecule has 0 radical (unpaired) electrons. The molecule has 2 amide bonds. The molecule has 138 valence electrons. The molecule has 0 bridgehead atoms. The number of hydrogen-bond acceptors (Lipinski definition) is 4. The van der Waals surface area contributed by atoms with E-state index in [1.165, 1.54) is 4.90 Å². The molecule has 2 aromatic rings. The van der Waals surface area contributed by atoms with Crippen LogP contribution < -0.4 is 10.6 Å². The molecule has 0 saturated carbocycles. The van der Waals surface area contributed by atoms with E-state index in [4.69, 9.17) is 0 Å². The van der Waals surface area contributed by atoms with Gasteiger partial charge in [0.2, 0.25) is 5.91 Å². The zero-order chi connectivity index (χ0) is 18.6. The number of carbonyl (C=O) groups excluding carboxylic acids is 2. The Labute approximate surface area is 163 Å². The van der Waals surface area contributed by atoms with E-state index in [9.17, 15) is 9.59 Å². The van der Waals surface area contributed by atoms with Crippen LogP contribution >= 0.6 is 23.5 Å². The predicted octanol–water partition coefficient (Wildman–Crippen LogP) is 3.45. The first-order valence-electron chi connectivity index (χ1n) is 8.51. The zero-order valence-corrected chi connectivity index (χ0v) is 16.4. The van der Waals surface area contributed by atoms with Gasteiger partial charge in [0.1, 0.15) is 6.04 Å². The summed E-state index contributed by atoms with van der Waals surface area (Å²) in [5.41, 5.74) is 0.564. The first-order chi connectivity index (χ1) is 12.7. The largest absolute Gasteiger partial charge is 0.353 e. The fraction of sp³-hybridized carbons (Fsp3) is 0.300. The highest BCUT2D eigenvalue weighted by Crippen LogP contribution is 2.15. The minimum absolute atomic E-state index is 0.128. The molecule has 0 aliphatic rings. The third-order valence-electron chi connectivity index (χ3n) is 3.68. The van der Waals surface area contributed by atoms with E-state index in [2.05, 4.69) is 10.6 Å². The smallest absolute Gasteiger partial charge is 0.251 e. The lowest BCUT2D eigenvalue weighted by Gasteiger charge is -2.18. The predicted molar refractivity (Wildman–Crippen MR) is 111 cm³/mol. The minimum atomic E-state index is -0.517. The number of hydrogen-bond donors (Lipinski definition) is 2. The molecule has 1 atom stereocenters. The van der Waals surface area contributed by atoms with Gasteiger partial charge in [0.25, 0.3) is 5.91 Å². The van der Waals surface area contributed by atoms with Crippen molar-refractivity contribution < 1.29 is 9.59 Å². The second-order valence-electron chi connectivity index (χ2n) is 5.63. The molecule has 0 spiro atoms. The quantitative estimate of drug-likeness (QED) is 0.483. The highest BCUT2D eigenvalue weighted by molar-refractivity contribution is 7.99. The number of carbonyl (C=O) groups is 2. The topological polar surface area (TPSA) is 58.2 Å². The van der Waals surface area contributed by atoms with E-state index < -0.39 is 6.04 Å². The monoisotopic (exact) mass is 388 g/mol. The molecule has 0 fully saturated rings. The summed E-state index contributed by atoms with van der Waals surface area (Å²) >= 11 is 3.36. The number of amides is 2. The van der Waals surface area contributed by atoms with Gasteiger partial charge in [-0.15, -0.1) is 11.8 Å². The highest BCUT2D eigenvalue weighted by Gasteiger charge is 2.20. The van der Waals surface area contributed by atoms with Crippen LogP contribution in [0.25, 0.3) is 0 Å². The third kappa shape index (κ3) is 7.14. The number of rotatable bonds is 10. The Balaban J connectivity index is 1.82. The Morgan fingerprint density at radius 3 is 2.27 bits per heavy atom. The Bertz CT molecular complexity index is 681.